The van der Waals surface area contributed by atoms with Gasteiger partial charge in [-0.1, -0.05) is 19.1 Å². The molecule has 7 heteroatoms. The van der Waals surface area contributed by atoms with Gasteiger partial charge in [0.25, 0.3) is 5.91 Å². The largest absolute Gasteiger partial charge is 0.481 e. The summed E-state index contributed by atoms with van der Waals surface area (Å²) in [5.41, 5.74) is 0.296. The van der Waals surface area contributed by atoms with E-state index in [0.717, 1.165) is 13.0 Å². The van der Waals surface area contributed by atoms with Crippen LogP contribution in [0.25, 0.3) is 0 Å². The SMILES string of the molecule is CC(C)CCn1cc(C(=O)N2CCCC(C(=O)O)C2)nn1. The Morgan fingerprint density at radius 2 is 2.24 bits per heavy atom. The van der Waals surface area contributed by atoms with E-state index >= 15 is 0 Å². The Labute approximate surface area is 123 Å². The minimum atomic E-state index is -0.840. The summed E-state index contributed by atoms with van der Waals surface area (Å²) in [7, 11) is 0. The minimum absolute atomic E-state index is 0.225. The lowest BCUT2D eigenvalue weighted by Gasteiger charge is -2.29. The highest BCUT2D eigenvalue weighted by Crippen LogP contribution is 2.18. The maximum absolute atomic E-state index is 12.3. The van der Waals surface area contributed by atoms with Crippen molar-refractivity contribution in [3.8, 4) is 0 Å². The molecule has 0 radical (unpaired) electrons. The number of carboxylic acid groups (broad SMARTS) is 1. The van der Waals surface area contributed by atoms with Crippen LogP contribution in [-0.2, 0) is 11.3 Å². The molecule has 2 heterocycles. The summed E-state index contributed by atoms with van der Waals surface area (Å²) in [4.78, 5) is 24.9. The second kappa shape index (κ2) is 6.69. The van der Waals surface area contributed by atoms with Crippen LogP contribution in [0.4, 0.5) is 0 Å². The molecule has 0 aliphatic carbocycles. The molecule has 0 spiro atoms. The van der Waals surface area contributed by atoms with E-state index < -0.39 is 11.9 Å². The van der Waals surface area contributed by atoms with Crippen LogP contribution in [0.3, 0.4) is 0 Å². The summed E-state index contributed by atoms with van der Waals surface area (Å²) in [6.45, 7) is 5.83. The number of carbonyl (C=O) groups is 2. The summed E-state index contributed by atoms with van der Waals surface area (Å²) in [5, 5.41) is 16.9. The van der Waals surface area contributed by atoms with Crippen molar-refractivity contribution in [2.24, 2.45) is 11.8 Å². The third-order valence-electron chi connectivity index (χ3n) is 3.75. The molecule has 1 aliphatic heterocycles. The molecule has 0 bridgehead atoms. The average Bonchev–Trinajstić information content (AvgIpc) is 2.93. The molecule has 2 rings (SSSR count). The smallest absolute Gasteiger partial charge is 0.308 e. The molecule has 1 aromatic rings. The number of aryl methyl sites for hydroxylation is 1. The number of likely N-dealkylation sites (tertiary alicyclic amines) is 1. The molecule has 1 aromatic heterocycles. The van der Waals surface area contributed by atoms with E-state index in [1.54, 1.807) is 15.8 Å². The highest BCUT2D eigenvalue weighted by molar-refractivity contribution is 5.92. The van der Waals surface area contributed by atoms with Crippen molar-refractivity contribution in [3.63, 3.8) is 0 Å². The molecule has 1 N–H and O–H groups in total. The molecule has 0 aromatic carbocycles. The zero-order valence-corrected chi connectivity index (χ0v) is 12.5. The molecular weight excluding hydrogens is 272 g/mol. The van der Waals surface area contributed by atoms with Gasteiger partial charge in [0.05, 0.1) is 12.1 Å². The summed E-state index contributed by atoms with van der Waals surface area (Å²) < 4.78 is 1.67. The standard InChI is InChI=1S/C14H22N4O3/c1-10(2)5-7-18-9-12(15-16-18)13(19)17-6-3-4-11(8-17)14(20)21/h9-11H,3-8H2,1-2H3,(H,20,21). The van der Waals surface area contributed by atoms with Crippen LogP contribution in [0.5, 0.6) is 0 Å². The first-order valence-electron chi connectivity index (χ1n) is 7.39. The van der Waals surface area contributed by atoms with Crippen LogP contribution in [0.15, 0.2) is 6.20 Å². The quantitative estimate of drug-likeness (QED) is 0.883. The van der Waals surface area contributed by atoms with E-state index in [-0.39, 0.29) is 12.5 Å². The molecule has 21 heavy (non-hydrogen) atoms. The first-order valence-corrected chi connectivity index (χ1v) is 7.39. The fourth-order valence-electron chi connectivity index (χ4n) is 2.42. The monoisotopic (exact) mass is 294 g/mol. The number of hydrogen-bond acceptors (Lipinski definition) is 4. The Morgan fingerprint density at radius 3 is 2.90 bits per heavy atom. The van der Waals surface area contributed by atoms with Crippen LogP contribution in [0.2, 0.25) is 0 Å². The van der Waals surface area contributed by atoms with Gasteiger partial charge in [0.1, 0.15) is 0 Å². The molecule has 1 amide bonds. The number of aromatic nitrogens is 3. The fraction of sp³-hybridized carbons (Fsp3) is 0.714. The second-order valence-corrected chi connectivity index (χ2v) is 5.98. The van der Waals surface area contributed by atoms with Crippen molar-refractivity contribution in [2.45, 2.75) is 39.7 Å². The van der Waals surface area contributed by atoms with Gasteiger partial charge in [-0.3, -0.25) is 14.3 Å². The lowest BCUT2D eigenvalue weighted by atomic mass is 9.98. The Kier molecular flexibility index (Phi) is 4.93. The summed E-state index contributed by atoms with van der Waals surface area (Å²) >= 11 is 0. The Bertz CT molecular complexity index is 512. The average molecular weight is 294 g/mol. The Morgan fingerprint density at radius 1 is 1.48 bits per heavy atom. The van der Waals surface area contributed by atoms with E-state index in [2.05, 4.69) is 24.2 Å². The lowest BCUT2D eigenvalue weighted by molar-refractivity contribution is -0.143. The van der Waals surface area contributed by atoms with Crippen molar-refractivity contribution in [1.29, 1.82) is 0 Å². The molecule has 1 aliphatic rings. The summed E-state index contributed by atoms with van der Waals surface area (Å²) in [6.07, 6.45) is 3.96. The maximum Gasteiger partial charge on any atom is 0.308 e. The lowest BCUT2D eigenvalue weighted by Crippen LogP contribution is -2.42. The number of hydrogen-bond donors (Lipinski definition) is 1. The number of rotatable bonds is 5. The van der Waals surface area contributed by atoms with E-state index in [4.69, 9.17) is 5.11 Å². The van der Waals surface area contributed by atoms with Gasteiger partial charge in [-0.25, -0.2) is 0 Å². The van der Waals surface area contributed by atoms with E-state index in [1.165, 1.54) is 0 Å². The highest BCUT2D eigenvalue weighted by atomic mass is 16.4. The van der Waals surface area contributed by atoms with Gasteiger partial charge in [-0.05, 0) is 25.2 Å². The van der Waals surface area contributed by atoms with Crippen molar-refractivity contribution in [1.82, 2.24) is 19.9 Å². The van der Waals surface area contributed by atoms with Crippen LogP contribution < -0.4 is 0 Å². The van der Waals surface area contributed by atoms with Crippen LogP contribution in [0, 0.1) is 11.8 Å². The topological polar surface area (TPSA) is 88.3 Å². The number of carbonyl (C=O) groups excluding carboxylic acids is 1. The van der Waals surface area contributed by atoms with Gasteiger partial charge in [0.15, 0.2) is 5.69 Å². The third-order valence-corrected chi connectivity index (χ3v) is 3.75. The molecule has 1 saturated heterocycles. The highest BCUT2D eigenvalue weighted by Gasteiger charge is 2.29. The zero-order valence-electron chi connectivity index (χ0n) is 12.5. The first kappa shape index (κ1) is 15.5. The molecule has 1 atom stereocenters. The van der Waals surface area contributed by atoms with Crippen LogP contribution in [-0.4, -0.2) is 50.0 Å². The Balaban J connectivity index is 1.98. The van der Waals surface area contributed by atoms with Crippen molar-refractivity contribution >= 4 is 11.9 Å². The fourth-order valence-corrected chi connectivity index (χ4v) is 2.42. The molecule has 1 unspecified atom stereocenters. The number of carboxylic acids is 1. The summed E-state index contributed by atoms with van der Waals surface area (Å²) in [6, 6.07) is 0. The minimum Gasteiger partial charge on any atom is -0.481 e. The number of piperidine rings is 1. The third kappa shape index (κ3) is 4.03. The normalized spacial score (nSPS) is 19.0. The molecule has 0 saturated carbocycles. The van der Waals surface area contributed by atoms with Crippen LogP contribution in [0.1, 0.15) is 43.6 Å². The summed E-state index contributed by atoms with van der Waals surface area (Å²) in [5.74, 6) is -0.977. The second-order valence-electron chi connectivity index (χ2n) is 5.98. The van der Waals surface area contributed by atoms with Gasteiger partial charge in [-0.15, -0.1) is 5.10 Å². The zero-order chi connectivity index (χ0) is 15.4. The van der Waals surface area contributed by atoms with E-state index in [1.807, 2.05) is 0 Å². The molecule has 116 valence electrons. The van der Waals surface area contributed by atoms with Crippen LogP contribution >= 0.6 is 0 Å². The predicted octanol–water partition coefficient (Wildman–Crippen LogP) is 1.26. The van der Waals surface area contributed by atoms with Crippen molar-refractivity contribution < 1.29 is 14.7 Å². The molecule has 1 fully saturated rings. The number of aliphatic carboxylic acids is 1. The number of nitrogens with zero attached hydrogens (tertiary/aromatic N) is 4. The van der Waals surface area contributed by atoms with Crippen molar-refractivity contribution in [3.05, 3.63) is 11.9 Å². The van der Waals surface area contributed by atoms with Gasteiger partial charge in [0, 0.05) is 19.6 Å². The van der Waals surface area contributed by atoms with Crippen molar-refractivity contribution in [2.75, 3.05) is 13.1 Å². The Hall–Kier alpha value is -1.92. The molecule has 7 nitrogen and oxygen atoms in total. The maximum atomic E-state index is 12.3. The molecular formula is C14H22N4O3. The van der Waals surface area contributed by atoms with Gasteiger partial charge in [-0.2, -0.15) is 0 Å². The predicted molar refractivity (Wildman–Crippen MR) is 75.7 cm³/mol. The van der Waals surface area contributed by atoms with Gasteiger partial charge in [0.2, 0.25) is 0 Å². The first-order chi connectivity index (χ1) is 9.97. The number of amides is 1. The van der Waals surface area contributed by atoms with Gasteiger partial charge < -0.3 is 10.0 Å². The van der Waals surface area contributed by atoms with Gasteiger partial charge >= 0.3 is 5.97 Å². The van der Waals surface area contributed by atoms with E-state index in [9.17, 15) is 9.59 Å². The van der Waals surface area contributed by atoms with E-state index in [0.29, 0.717) is 31.0 Å².